The van der Waals surface area contributed by atoms with Gasteiger partial charge in [-0.2, -0.15) is 0 Å². The van der Waals surface area contributed by atoms with Crippen molar-refractivity contribution in [2.45, 2.75) is 20.4 Å². The lowest BCUT2D eigenvalue weighted by Gasteiger charge is -2.07. The van der Waals surface area contributed by atoms with E-state index in [0.29, 0.717) is 6.54 Å². The SMILES string of the molecule is Cc1nnc(CNc2cccc(C)c2Cl)s1. The topological polar surface area (TPSA) is 37.8 Å². The van der Waals surface area contributed by atoms with E-state index in [1.807, 2.05) is 32.0 Å². The molecule has 1 aromatic carbocycles. The minimum absolute atomic E-state index is 0.661. The molecular weight excluding hydrogens is 242 g/mol. The van der Waals surface area contributed by atoms with Crippen LogP contribution in [0.15, 0.2) is 18.2 Å². The lowest BCUT2D eigenvalue weighted by Crippen LogP contribution is -2.00. The first-order valence-corrected chi connectivity index (χ1v) is 6.14. The van der Waals surface area contributed by atoms with Gasteiger partial charge in [-0.1, -0.05) is 35.1 Å². The molecule has 0 radical (unpaired) electrons. The average molecular weight is 254 g/mol. The molecule has 16 heavy (non-hydrogen) atoms. The van der Waals surface area contributed by atoms with Crippen LogP contribution in [0, 0.1) is 13.8 Å². The fraction of sp³-hybridized carbons (Fsp3) is 0.273. The lowest BCUT2D eigenvalue weighted by molar-refractivity contribution is 0.971. The van der Waals surface area contributed by atoms with Gasteiger partial charge in [0.1, 0.15) is 10.0 Å². The van der Waals surface area contributed by atoms with Crippen LogP contribution < -0.4 is 5.32 Å². The Kier molecular flexibility index (Phi) is 3.41. The van der Waals surface area contributed by atoms with Gasteiger partial charge < -0.3 is 5.32 Å². The molecule has 0 saturated heterocycles. The molecule has 0 aliphatic carbocycles. The molecule has 0 atom stereocenters. The van der Waals surface area contributed by atoms with Crippen LogP contribution in [-0.4, -0.2) is 10.2 Å². The largest absolute Gasteiger partial charge is 0.377 e. The van der Waals surface area contributed by atoms with Gasteiger partial charge in [0, 0.05) is 0 Å². The Labute approximate surface area is 103 Å². The molecule has 5 heteroatoms. The van der Waals surface area contributed by atoms with Gasteiger partial charge >= 0.3 is 0 Å². The zero-order valence-corrected chi connectivity index (χ0v) is 10.7. The zero-order valence-electron chi connectivity index (χ0n) is 9.12. The van der Waals surface area contributed by atoms with E-state index in [0.717, 1.165) is 26.3 Å². The van der Waals surface area contributed by atoms with Crippen LogP contribution >= 0.6 is 22.9 Å². The highest BCUT2D eigenvalue weighted by Gasteiger charge is 2.04. The first-order valence-electron chi connectivity index (χ1n) is 4.95. The van der Waals surface area contributed by atoms with Crippen molar-refractivity contribution in [2.75, 3.05) is 5.32 Å². The average Bonchev–Trinajstić information content (AvgIpc) is 2.67. The van der Waals surface area contributed by atoms with Crippen LogP contribution in [0.3, 0.4) is 0 Å². The predicted molar refractivity (Wildman–Crippen MR) is 68.2 cm³/mol. The Morgan fingerprint density at radius 1 is 1.31 bits per heavy atom. The van der Waals surface area contributed by atoms with Crippen molar-refractivity contribution in [2.24, 2.45) is 0 Å². The maximum absolute atomic E-state index is 6.17. The Morgan fingerprint density at radius 3 is 2.81 bits per heavy atom. The van der Waals surface area contributed by atoms with E-state index in [9.17, 15) is 0 Å². The number of anilines is 1. The Hall–Kier alpha value is -1.13. The summed E-state index contributed by atoms with van der Waals surface area (Å²) in [6, 6.07) is 5.93. The van der Waals surface area contributed by atoms with Gasteiger partial charge in [0.2, 0.25) is 0 Å². The van der Waals surface area contributed by atoms with E-state index in [2.05, 4.69) is 15.5 Å². The quantitative estimate of drug-likeness (QED) is 0.911. The maximum Gasteiger partial charge on any atom is 0.136 e. The third kappa shape index (κ3) is 2.51. The minimum atomic E-state index is 0.661. The van der Waals surface area contributed by atoms with Crippen molar-refractivity contribution >= 4 is 28.6 Å². The third-order valence-electron chi connectivity index (χ3n) is 2.19. The van der Waals surface area contributed by atoms with Crippen molar-refractivity contribution in [3.8, 4) is 0 Å². The van der Waals surface area contributed by atoms with Crippen LogP contribution in [0.5, 0.6) is 0 Å². The fourth-order valence-corrected chi connectivity index (χ4v) is 2.21. The number of aryl methyl sites for hydroxylation is 2. The summed E-state index contributed by atoms with van der Waals surface area (Å²) in [5.41, 5.74) is 2.01. The third-order valence-corrected chi connectivity index (χ3v) is 3.53. The van der Waals surface area contributed by atoms with Crippen LogP contribution in [0.4, 0.5) is 5.69 Å². The van der Waals surface area contributed by atoms with Gasteiger partial charge in [-0.15, -0.1) is 10.2 Å². The molecule has 3 nitrogen and oxygen atoms in total. The molecule has 1 N–H and O–H groups in total. The molecule has 0 fully saturated rings. The summed E-state index contributed by atoms with van der Waals surface area (Å²) in [7, 11) is 0. The molecular formula is C11H12ClN3S. The van der Waals surface area contributed by atoms with Gasteiger partial charge in [0.05, 0.1) is 17.3 Å². The van der Waals surface area contributed by atoms with Crippen molar-refractivity contribution < 1.29 is 0 Å². The Morgan fingerprint density at radius 2 is 2.12 bits per heavy atom. The Balaban J connectivity index is 2.07. The highest BCUT2D eigenvalue weighted by Crippen LogP contribution is 2.25. The van der Waals surface area contributed by atoms with Crippen LogP contribution in [0.2, 0.25) is 5.02 Å². The molecule has 2 aromatic rings. The molecule has 84 valence electrons. The van der Waals surface area contributed by atoms with Gasteiger partial charge in [-0.25, -0.2) is 0 Å². The molecule has 1 aromatic heterocycles. The van der Waals surface area contributed by atoms with Crippen LogP contribution in [0.1, 0.15) is 15.6 Å². The van der Waals surface area contributed by atoms with E-state index in [1.54, 1.807) is 11.3 Å². The smallest absolute Gasteiger partial charge is 0.136 e. The number of halogens is 1. The second-order valence-corrected chi connectivity index (χ2v) is 5.15. The van der Waals surface area contributed by atoms with Gasteiger partial charge in [-0.05, 0) is 25.5 Å². The first-order chi connectivity index (χ1) is 7.66. The number of aromatic nitrogens is 2. The molecule has 0 aliphatic heterocycles. The molecule has 1 heterocycles. The highest BCUT2D eigenvalue weighted by atomic mass is 35.5. The summed E-state index contributed by atoms with van der Waals surface area (Å²) in [5.74, 6) is 0. The molecule has 0 amide bonds. The summed E-state index contributed by atoms with van der Waals surface area (Å²) in [4.78, 5) is 0. The van der Waals surface area contributed by atoms with Gasteiger partial charge in [-0.3, -0.25) is 0 Å². The molecule has 0 aliphatic rings. The van der Waals surface area contributed by atoms with Crippen molar-refractivity contribution in [1.82, 2.24) is 10.2 Å². The molecule has 0 saturated carbocycles. The monoisotopic (exact) mass is 253 g/mol. The molecule has 0 bridgehead atoms. The summed E-state index contributed by atoms with van der Waals surface area (Å²) in [6.45, 7) is 4.60. The standard InChI is InChI=1S/C11H12ClN3S/c1-7-4-3-5-9(11(7)12)13-6-10-15-14-8(2)16-10/h3-5,13H,6H2,1-2H3. The van der Waals surface area contributed by atoms with Crippen LogP contribution in [0.25, 0.3) is 0 Å². The predicted octanol–water partition coefficient (Wildman–Crippen LogP) is 3.42. The summed E-state index contributed by atoms with van der Waals surface area (Å²) in [5, 5.41) is 14.0. The maximum atomic E-state index is 6.17. The number of hydrogen-bond acceptors (Lipinski definition) is 4. The zero-order chi connectivity index (χ0) is 11.5. The number of nitrogens with one attached hydrogen (secondary N) is 1. The Bertz CT molecular complexity index is 496. The van der Waals surface area contributed by atoms with Crippen molar-refractivity contribution in [3.63, 3.8) is 0 Å². The van der Waals surface area contributed by atoms with E-state index < -0.39 is 0 Å². The highest BCUT2D eigenvalue weighted by molar-refractivity contribution is 7.11. The summed E-state index contributed by atoms with van der Waals surface area (Å²) in [6.07, 6.45) is 0. The van der Waals surface area contributed by atoms with E-state index in [-0.39, 0.29) is 0 Å². The second kappa shape index (κ2) is 4.80. The fourth-order valence-electron chi connectivity index (χ4n) is 1.36. The van der Waals surface area contributed by atoms with E-state index in [4.69, 9.17) is 11.6 Å². The first kappa shape index (κ1) is 11.4. The van der Waals surface area contributed by atoms with Gasteiger partial charge in [0.15, 0.2) is 0 Å². The van der Waals surface area contributed by atoms with Crippen LogP contribution in [-0.2, 0) is 6.54 Å². The van der Waals surface area contributed by atoms with Crippen molar-refractivity contribution in [1.29, 1.82) is 0 Å². The minimum Gasteiger partial charge on any atom is -0.377 e. The molecule has 2 rings (SSSR count). The van der Waals surface area contributed by atoms with Crippen molar-refractivity contribution in [3.05, 3.63) is 38.8 Å². The van der Waals surface area contributed by atoms with E-state index >= 15 is 0 Å². The number of benzene rings is 1. The summed E-state index contributed by atoms with van der Waals surface area (Å²) >= 11 is 7.76. The van der Waals surface area contributed by atoms with Gasteiger partial charge in [0.25, 0.3) is 0 Å². The summed E-state index contributed by atoms with van der Waals surface area (Å²) < 4.78 is 0. The number of hydrogen-bond donors (Lipinski definition) is 1. The normalized spacial score (nSPS) is 10.4. The molecule has 0 unspecified atom stereocenters. The second-order valence-electron chi connectivity index (χ2n) is 3.50. The molecule has 0 spiro atoms. The number of rotatable bonds is 3. The lowest BCUT2D eigenvalue weighted by atomic mass is 10.2. The number of nitrogens with zero attached hydrogens (tertiary/aromatic N) is 2. The van der Waals surface area contributed by atoms with E-state index in [1.165, 1.54) is 0 Å².